The number of amides is 1. The highest BCUT2D eigenvalue weighted by molar-refractivity contribution is 5.97. The van der Waals surface area contributed by atoms with Gasteiger partial charge in [-0.3, -0.25) is 19.4 Å². The van der Waals surface area contributed by atoms with Crippen LogP contribution in [0.4, 0.5) is 0 Å². The molecule has 1 amide bonds. The van der Waals surface area contributed by atoms with Gasteiger partial charge in [0.05, 0.1) is 23.8 Å². The Balaban J connectivity index is 1.70. The van der Waals surface area contributed by atoms with Crippen LogP contribution in [0.25, 0.3) is 16.7 Å². The molecule has 5 heterocycles. The molecule has 1 fully saturated rings. The fraction of sp³-hybridized carbons (Fsp3) is 0.304. The first-order chi connectivity index (χ1) is 15.6. The summed E-state index contributed by atoms with van der Waals surface area (Å²) >= 11 is 0. The largest absolute Gasteiger partial charge is 0.467 e. The minimum Gasteiger partial charge on any atom is -0.467 e. The summed E-state index contributed by atoms with van der Waals surface area (Å²) in [4.78, 5) is 35.4. The number of likely N-dealkylation sites (N-methyl/N-ethyl adjacent to an activating group) is 1. The van der Waals surface area contributed by atoms with Crippen LogP contribution in [0.3, 0.4) is 0 Å². The normalized spacial score (nSPS) is 15.0. The van der Waals surface area contributed by atoms with Crippen molar-refractivity contribution in [2.24, 2.45) is 0 Å². The lowest BCUT2D eigenvalue weighted by atomic mass is 10.1. The van der Waals surface area contributed by atoms with Crippen LogP contribution in [0.15, 0.2) is 58.1 Å². The number of aromatic nitrogens is 3. The zero-order chi connectivity index (χ0) is 22.2. The van der Waals surface area contributed by atoms with Crippen molar-refractivity contribution >= 4 is 22.6 Å². The lowest BCUT2D eigenvalue weighted by molar-refractivity contribution is 0.0640. The Kier molecular flexibility index (Phi) is 5.10. The minimum atomic E-state index is -0.274. The van der Waals surface area contributed by atoms with E-state index in [0.29, 0.717) is 35.5 Å². The molecule has 4 aromatic heterocycles. The van der Waals surface area contributed by atoms with Crippen molar-refractivity contribution < 1.29 is 9.21 Å². The summed E-state index contributed by atoms with van der Waals surface area (Å²) in [6, 6.07) is 10.4. The van der Waals surface area contributed by atoms with Crippen molar-refractivity contribution in [3.8, 4) is 0 Å². The average Bonchev–Trinajstić information content (AvgIpc) is 3.34. The van der Waals surface area contributed by atoms with Crippen molar-refractivity contribution in [3.05, 3.63) is 76.0 Å². The average molecular weight is 432 g/mol. The molecule has 1 N–H and O–H groups in total. The van der Waals surface area contributed by atoms with Gasteiger partial charge in [0.1, 0.15) is 22.5 Å². The van der Waals surface area contributed by atoms with Crippen molar-refractivity contribution in [1.29, 1.82) is 5.41 Å². The van der Waals surface area contributed by atoms with Crippen LogP contribution in [-0.2, 0) is 6.54 Å². The van der Waals surface area contributed by atoms with E-state index in [0.717, 1.165) is 19.6 Å². The molecule has 0 saturated carbocycles. The summed E-state index contributed by atoms with van der Waals surface area (Å²) in [6.07, 6.45) is 3.21. The molecule has 0 bridgehead atoms. The maximum Gasteiger partial charge on any atom is 0.267 e. The minimum absolute atomic E-state index is 0.0176. The van der Waals surface area contributed by atoms with Crippen LogP contribution in [-0.4, -0.2) is 62.4 Å². The predicted molar refractivity (Wildman–Crippen MR) is 119 cm³/mol. The third-order valence-corrected chi connectivity index (χ3v) is 6.05. The number of nitrogens with zero attached hydrogens (tertiary/aromatic N) is 5. The molecule has 0 aliphatic carbocycles. The number of piperazine rings is 1. The highest BCUT2D eigenvalue weighted by Crippen LogP contribution is 2.14. The summed E-state index contributed by atoms with van der Waals surface area (Å²) in [5.74, 6) is 0.374. The van der Waals surface area contributed by atoms with Crippen LogP contribution in [0.1, 0.15) is 23.0 Å². The number of nitrogens with one attached hydrogen (secondary N) is 1. The van der Waals surface area contributed by atoms with E-state index in [2.05, 4.69) is 16.8 Å². The monoisotopic (exact) mass is 432 g/mol. The van der Waals surface area contributed by atoms with E-state index >= 15 is 0 Å². The highest BCUT2D eigenvalue weighted by atomic mass is 16.3. The Labute approximate surface area is 183 Å². The highest BCUT2D eigenvalue weighted by Gasteiger charge is 2.25. The number of carbonyl (C=O) groups excluding carboxylic acids is 1. The van der Waals surface area contributed by atoms with Crippen molar-refractivity contribution in [2.75, 3.05) is 32.7 Å². The third kappa shape index (κ3) is 3.40. The Hall–Kier alpha value is -3.72. The summed E-state index contributed by atoms with van der Waals surface area (Å²) in [5, 5.41) is 9.15. The maximum absolute atomic E-state index is 13.4. The zero-order valence-corrected chi connectivity index (χ0v) is 17.8. The molecule has 1 saturated heterocycles. The molecule has 0 spiro atoms. The van der Waals surface area contributed by atoms with Gasteiger partial charge < -0.3 is 18.8 Å². The lowest BCUT2D eigenvalue weighted by Gasteiger charge is -2.34. The van der Waals surface area contributed by atoms with E-state index in [9.17, 15) is 9.59 Å². The molecule has 0 unspecified atom stereocenters. The van der Waals surface area contributed by atoms with Gasteiger partial charge in [0, 0.05) is 32.4 Å². The van der Waals surface area contributed by atoms with E-state index < -0.39 is 0 Å². The predicted octanol–water partition coefficient (Wildman–Crippen LogP) is 1.55. The molecule has 9 nitrogen and oxygen atoms in total. The first kappa shape index (κ1) is 20.2. The quantitative estimate of drug-likeness (QED) is 0.493. The number of hydrogen-bond acceptors (Lipinski definition) is 6. The number of carbonyl (C=O) groups is 1. The van der Waals surface area contributed by atoms with Gasteiger partial charge in [-0.2, -0.15) is 0 Å². The molecular weight excluding hydrogens is 408 g/mol. The van der Waals surface area contributed by atoms with Crippen LogP contribution in [0, 0.1) is 5.41 Å². The van der Waals surface area contributed by atoms with Crippen molar-refractivity contribution in [2.45, 2.75) is 13.5 Å². The lowest BCUT2D eigenvalue weighted by Crippen LogP contribution is -2.49. The second kappa shape index (κ2) is 8.08. The summed E-state index contributed by atoms with van der Waals surface area (Å²) in [6.45, 7) is 6.03. The van der Waals surface area contributed by atoms with Crippen LogP contribution >= 0.6 is 0 Å². The molecular formula is C23H24N6O3. The SMILES string of the molecule is CCN1CCN(C(=O)c2cc3c(=O)n4ccccc4nc3n(Cc3ccco3)c2=N)CC1. The van der Waals surface area contributed by atoms with Gasteiger partial charge in [0.15, 0.2) is 0 Å². The fourth-order valence-corrected chi connectivity index (χ4v) is 4.20. The summed E-state index contributed by atoms with van der Waals surface area (Å²) in [7, 11) is 0. The Bertz CT molecular complexity index is 1410. The van der Waals surface area contributed by atoms with Gasteiger partial charge in [-0.15, -0.1) is 0 Å². The maximum atomic E-state index is 13.4. The van der Waals surface area contributed by atoms with E-state index in [1.807, 2.05) is 0 Å². The first-order valence-electron chi connectivity index (χ1n) is 10.7. The number of rotatable bonds is 4. The van der Waals surface area contributed by atoms with Gasteiger partial charge in [-0.1, -0.05) is 13.0 Å². The molecule has 1 aliphatic rings. The molecule has 4 aromatic rings. The van der Waals surface area contributed by atoms with Crippen molar-refractivity contribution in [3.63, 3.8) is 0 Å². The Morgan fingerprint density at radius 2 is 1.97 bits per heavy atom. The van der Waals surface area contributed by atoms with Gasteiger partial charge in [0.2, 0.25) is 0 Å². The van der Waals surface area contributed by atoms with Gasteiger partial charge in [-0.25, -0.2) is 4.98 Å². The van der Waals surface area contributed by atoms with Gasteiger partial charge in [-0.05, 0) is 36.9 Å². The summed E-state index contributed by atoms with van der Waals surface area (Å²) in [5.41, 5.74) is 0.777. The van der Waals surface area contributed by atoms with E-state index in [-0.39, 0.29) is 29.1 Å². The number of fused-ring (bicyclic) bond motifs is 2. The smallest absolute Gasteiger partial charge is 0.267 e. The molecule has 0 atom stereocenters. The first-order valence-corrected chi connectivity index (χ1v) is 10.7. The van der Waals surface area contributed by atoms with Crippen LogP contribution in [0.5, 0.6) is 0 Å². The summed E-state index contributed by atoms with van der Waals surface area (Å²) < 4.78 is 8.52. The molecule has 1 aliphatic heterocycles. The number of furan rings is 1. The van der Waals surface area contributed by atoms with Gasteiger partial charge in [0.25, 0.3) is 11.5 Å². The molecule has 0 aromatic carbocycles. The molecule has 5 rings (SSSR count). The molecule has 9 heteroatoms. The second-order valence-corrected chi connectivity index (χ2v) is 7.88. The molecule has 164 valence electrons. The van der Waals surface area contributed by atoms with Gasteiger partial charge >= 0.3 is 0 Å². The Morgan fingerprint density at radius 1 is 1.16 bits per heavy atom. The molecule has 32 heavy (non-hydrogen) atoms. The zero-order valence-electron chi connectivity index (χ0n) is 17.8. The molecule has 0 radical (unpaired) electrons. The number of pyridine rings is 2. The van der Waals surface area contributed by atoms with E-state index in [4.69, 9.17) is 9.83 Å². The van der Waals surface area contributed by atoms with Crippen molar-refractivity contribution in [1.82, 2.24) is 23.8 Å². The third-order valence-electron chi connectivity index (χ3n) is 6.05. The van der Waals surface area contributed by atoms with Crippen LogP contribution in [0.2, 0.25) is 0 Å². The topological polar surface area (TPSA) is 99.8 Å². The van der Waals surface area contributed by atoms with Crippen LogP contribution < -0.4 is 11.0 Å². The van der Waals surface area contributed by atoms with E-state index in [1.54, 1.807) is 52.3 Å². The van der Waals surface area contributed by atoms with E-state index in [1.165, 1.54) is 10.5 Å². The standard InChI is InChI=1S/C23H24N6O3/c1-2-26-9-11-27(12-10-26)22(30)17-14-18-21(25-19-7-3-4-8-28(19)23(18)31)29(20(17)24)15-16-6-5-13-32-16/h3-8,13-14,24H,2,9-12,15H2,1H3. The Morgan fingerprint density at radius 3 is 2.69 bits per heavy atom. The number of hydrogen-bond donors (Lipinski definition) is 1. The fourth-order valence-electron chi connectivity index (χ4n) is 4.20. The second-order valence-electron chi connectivity index (χ2n) is 7.88.